The average molecular weight is 255 g/mol. The van der Waals surface area contributed by atoms with Gasteiger partial charge in [0.15, 0.2) is 0 Å². The van der Waals surface area contributed by atoms with E-state index < -0.39 is 11.6 Å². The predicted molar refractivity (Wildman–Crippen MR) is 71.5 cm³/mol. The van der Waals surface area contributed by atoms with E-state index in [4.69, 9.17) is 0 Å². The first-order chi connectivity index (χ1) is 8.70. The lowest BCUT2D eigenvalue weighted by atomic mass is 9.99. The van der Waals surface area contributed by atoms with Crippen molar-refractivity contribution in [3.05, 3.63) is 35.4 Å². The van der Waals surface area contributed by atoms with Crippen molar-refractivity contribution in [2.45, 2.75) is 52.0 Å². The van der Waals surface area contributed by atoms with Crippen LogP contribution in [0.15, 0.2) is 18.2 Å². The molecular weight excluding hydrogens is 232 g/mol. The molecule has 0 aliphatic rings. The van der Waals surface area contributed by atoms with Crippen molar-refractivity contribution in [2.24, 2.45) is 0 Å². The summed E-state index contributed by atoms with van der Waals surface area (Å²) in [7, 11) is 0. The van der Waals surface area contributed by atoms with Gasteiger partial charge in [-0.15, -0.1) is 0 Å². The standard InChI is InChI=1S/C15H23F2N/c1-3-5-6-10-14(18-11-4-2)15-12(16)8-7-9-13(15)17/h7-9,14,18H,3-6,10-11H2,1-2H3. The number of benzene rings is 1. The monoisotopic (exact) mass is 255 g/mol. The van der Waals surface area contributed by atoms with Gasteiger partial charge in [0.1, 0.15) is 11.6 Å². The van der Waals surface area contributed by atoms with Crippen LogP contribution < -0.4 is 5.32 Å². The zero-order valence-electron chi connectivity index (χ0n) is 11.3. The first kappa shape index (κ1) is 15.1. The zero-order chi connectivity index (χ0) is 13.4. The molecular formula is C15H23F2N. The average Bonchev–Trinajstić information content (AvgIpc) is 2.35. The highest BCUT2D eigenvalue weighted by Gasteiger charge is 2.18. The Kier molecular flexibility index (Phi) is 6.88. The van der Waals surface area contributed by atoms with E-state index in [0.29, 0.717) is 0 Å². The quantitative estimate of drug-likeness (QED) is 0.670. The Morgan fingerprint density at radius 3 is 2.28 bits per heavy atom. The van der Waals surface area contributed by atoms with Gasteiger partial charge in [0.05, 0.1) is 0 Å². The molecule has 0 heterocycles. The van der Waals surface area contributed by atoms with Crippen molar-refractivity contribution < 1.29 is 8.78 Å². The van der Waals surface area contributed by atoms with Gasteiger partial charge in [0.25, 0.3) is 0 Å². The minimum atomic E-state index is -0.444. The highest BCUT2D eigenvalue weighted by molar-refractivity contribution is 5.23. The highest BCUT2D eigenvalue weighted by Crippen LogP contribution is 2.25. The number of hydrogen-bond acceptors (Lipinski definition) is 1. The largest absolute Gasteiger partial charge is 0.310 e. The molecule has 0 fully saturated rings. The van der Waals surface area contributed by atoms with E-state index in [1.54, 1.807) is 0 Å². The summed E-state index contributed by atoms with van der Waals surface area (Å²) in [5, 5.41) is 3.25. The number of unbranched alkanes of at least 4 members (excludes halogenated alkanes) is 2. The van der Waals surface area contributed by atoms with Crippen LogP contribution in [0.5, 0.6) is 0 Å². The normalized spacial score (nSPS) is 12.7. The molecule has 0 amide bonds. The van der Waals surface area contributed by atoms with Crippen LogP contribution in [-0.2, 0) is 0 Å². The maximum absolute atomic E-state index is 13.8. The predicted octanol–water partition coefficient (Wildman–Crippen LogP) is 4.59. The Balaban J connectivity index is 2.79. The number of halogens is 2. The second-order valence-corrected chi connectivity index (χ2v) is 4.64. The van der Waals surface area contributed by atoms with Gasteiger partial charge in [-0.05, 0) is 31.5 Å². The van der Waals surface area contributed by atoms with E-state index in [1.165, 1.54) is 18.2 Å². The number of nitrogens with one attached hydrogen (secondary N) is 1. The molecule has 1 aromatic rings. The van der Waals surface area contributed by atoms with E-state index in [0.717, 1.165) is 38.6 Å². The molecule has 0 aliphatic heterocycles. The fourth-order valence-electron chi connectivity index (χ4n) is 2.11. The van der Waals surface area contributed by atoms with Gasteiger partial charge >= 0.3 is 0 Å². The van der Waals surface area contributed by atoms with Crippen molar-refractivity contribution in [1.82, 2.24) is 5.32 Å². The van der Waals surface area contributed by atoms with Crippen molar-refractivity contribution in [2.75, 3.05) is 6.54 Å². The second-order valence-electron chi connectivity index (χ2n) is 4.64. The molecule has 0 spiro atoms. The minimum Gasteiger partial charge on any atom is -0.310 e. The molecule has 0 saturated carbocycles. The van der Waals surface area contributed by atoms with Crippen molar-refractivity contribution in [3.63, 3.8) is 0 Å². The molecule has 1 N–H and O–H groups in total. The molecule has 1 nitrogen and oxygen atoms in total. The van der Waals surface area contributed by atoms with E-state index >= 15 is 0 Å². The lowest BCUT2D eigenvalue weighted by molar-refractivity contribution is 0.432. The van der Waals surface area contributed by atoms with Gasteiger partial charge in [-0.25, -0.2) is 8.78 Å². The smallest absolute Gasteiger partial charge is 0.130 e. The third-order valence-corrected chi connectivity index (χ3v) is 3.09. The highest BCUT2D eigenvalue weighted by atomic mass is 19.1. The van der Waals surface area contributed by atoms with Crippen LogP contribution in [-0.4, -0.2) is 6.54 Å². The summed E-state index contributed by atoms with van der Waals surface area (Å²) >= 11 is 0. The minimum absolute atomic E-state index is 0.196. The Morgan fingerprint density at radius 1 is 1.06 bits per heavy atom. The summed E-state index contributed by atoms with van der Waals surface area (Å²) in [5.74, 6) is -0.889. The Morgan fingerprint density at radius 2 is 1.72 bits per heavy atom. The summed E-state index contributed by atoms with van der Waals surface area (Å²) in [4.78, 5) is 0. The van der Waals surface area contributed by atoms with Gasteiger partial charge in [-0.2, -0.15) is 0 Å². The van der Waals surface area contributed by atoms with Crippen molar-refractivity contribution in [3.8, 4) is 0 Å². The third kappa shape index (κ3) is 4.37. The zero-order valence-corrected chi connectivity index (χ0v) is 11.3. The van der Waals surface area contributed by atoms with Gasteiger partial charge < -0.3 is 5.32 Å². The van der Waals surface area contributed by atoms with Crippen LogP contribution in [0.3, 0.4) is 0 Å². The molecule has 1 aromatic carbocycles. The molecule has 0 radical (unpaired) electrons. The number of hydrogen-bond donors (Lipinski definition) is 1. The van der Waals surface area contributed by atoms with Gasteiger partial charge in [-0.3, -0.25) is 0 Å². The van der Waals surface area contributed by atoms with E-state index in [-0.39, 0.29) is 11.6 Å². The lowest BCUT2D eigenvalue weighted by Gasteiger charge is -2.20. The Hall–Kier alpha value is -0.960. The Labute approximate surface area is 109 Å². The van der Waals surface area contributed by atoms with E-state index in [9.17, 15) is 8.78 Å². The second kappa shape index (κ2) is 8.20. The van der Waals surface area contributed by atoms with Crippen LogP contribution in [0.4, 0.5) is 8.78 Å². The molecule has 0 saturated heterocycles. The molecule has 0 aromatic heterocycles. The molecule has 1 atom stereocenters. The topological polar surface area (TPSA) is 12.0 Å². The van der Waals surface area contributed by atoms with E-state index in [1.807, 2.05) is 6.92 Å². The summed E-state index contributed by atoms with van der Waals surface area (Å²) in [6, 6.07) is 3.87. The van der Waals surface area contributed by atoms with Crippen LogP contribution in [0, 0.1) is 11.6 Å². The third-order valence-electron chi connectivity index (χ3n) is 3.09. The summed E-state index contributed by atoms with van der Waals surface area (Å²) in [6.45, 7) is 4.95. The molecule has 0 aliphatic carbocycles. The first-order valence-electron chi connectivity index (χ1n) is 6.88. The van der Waals surface area contributed by atoms with Gasteiger partial charge in [-0.1, -0.05) is 39.2 Å². The van der Waals surface area contributed by atoms with Crippen LogP contribution in [0.2, 0.25) is 0 Å². The van der Waals surface area contributed by atoms with E-state index in [2.05, 4.69) is 12.2 Å². The number of rotatable bonds is 8. The molecule has 3 heteroatoms. The van der Waals surface area contributed by atoms with Gasteiger partial charge in [0, 0.05) is 11.6 Å². The van der Waals surface area contributed by atoms with Gasteiger partial charge in [0.2, 0.25) is 0 Å². The fraction of sp³-hybridized carbons (Fsp3) is 0.600. The Bertz CT molecular complexity index is 332. The molecule has 0 bridgehead atoms. The van der Waals surface area contributed by atoms with Crippen molar-refractivity contribution in [1.29, 1.82) is 0 Å². The molecule has 1 rings (SSSR count). The van der Waals surface area contributed by atoms with Crippen LogP contribution in [0.25, 0.3) is 0 Å². The maximum Gasteiger partial charge on any atom is 0.130 e. The summed E-state index contributed by atoms with van der Waals surface area (Å²) in [5.41, 5.74) is 0.196. The summed E-state index contributed by atoms with van der Waals surface area (Å²) < 4.78 is 27.5. The van der Waals surface area contributed by atoms with Crippen molar-refractivity contribution >= 4 is 0 Å². The summed E-state index contributed by atoms with van der Waals surface area (Å²) in [6.07, 6.45) is 4.94. The molecule has 102 valence electrons. The maximum atomic E-state index is 13.8. The van der Waals surface area contributed by atoms with Crippen LogP contribution in [0.1, 0.15) is 57.6 Å². The fourth-order valence-corrected chi connectivity index (χ4v) is 2.11. The molecule has 1 unspecified atom stereocenters. The first-order valence-corrected chi connectivity index (χ1v) is 6.88. The SMILES string of the molecule is CCCCCC(NCCC)c1c(F)cccc1F. The lowest BCUT2D eigenvalue weighted by Crippen LogP contribution is -2.24. The van der Waals surface area contributed by atoms with Crippen LogP contribution >= 0.6 is 0 Å². The molecule has 18 heavy (non-hydrogen) atoms.